The van der Waals surface area contributed by atoms with Gasteiger partial charge in [0.25, 0.3) is 5.91 Å². The highest BCUT2D eigenvalue weighted by molar-refractivity contribution is 5.99. The number of methoxy groups -OCH3 is 2. The van der Waals surface area contributed by atoms with Crippen molar-refractivity contribution in [3.05, 3.63) is 104 Å². The minimum Gasteiger partial charge on any atom is -0.493 e. The van der Waals surface area contributed by atoms with Crippen LogP contribution in [0.25, 0.3) is 11.0 Å². The second-order valence-corrected chi connectivity index (χ2v) is 8.71. The normalized spacial score (nSPS) is 14.9. The van der Waals surface area contributed by atoms with Crippen LogP contribution in [0.15, 0.2) is 63.8 Å². The maximum atomic E-state index is 13.8. The van der Waals surface area contributed by atoms with Gasteiger partial charge in [0.2, 0.25) is 5.76 Å². The van der Waals surface area contributed by atoms with Crippen LogP contribution < -0.4 is 14.9 Å². The maximum absolute atomic E-state index is 13.8. The Balaban J connectivity index is 1.75. The Morgan fingerprint density at radius 1 is 0.943 bits per heavy atom. The van der Waals surface area contributed by atoms with Gasteiger partial charge in [-0.15, -0.1) is 0 Å². The Labute approximate surface area is 201 Å². The van der Waals surface area contributed by atoms with E-state index in [0.717, 1.165) is 16.7 Å². The summed E-state index contributed by atoms with van der Waals surface area (Å²) in [6, 6.07) is 14.2. The van der Waals surface area contributed by atoms with Gasteiger partial charge >= 0.3 is 0 Å². The lowest BCUT2D eigenvalue weighted by atomic mass is 9.97. The molecule has 2 heterocycles. The van der Waals surface area contributed by atoms with Gasteiger partial charge in [0.1, 0.15) is 11.4 Å². The summed E-state index contributed by atoms with van der Waals surface area (Å²) < 4.78 is 30.5. The molecule has 0 bridgehead atoms. The van der Waals surface area contributed by atoms with Gasteiger partial charge in [-0.25, -0.2) is 4.39 Å². The average Bonchev–Trinajstić information content (AvgIpc) is 3.12. The first-order valence-corrected chi connectivity index (χ1v) is 11.2. The summed E-state index contributed by atoms with van der Waals surface area (Å²) in [5.41, 5.74) is 3.55. The average molecular weight is 474 g/mol. The number of amides is 1. The molecule has 7 heteroatoms. The van der Waals surface area contributed by atoms with E-state index in [4.69, 9.17) is 13.9 Å². The van der Waals surface area contributed by atoms with Gasteiger partial charge in [-0.3, -0.25) is 9.59 Å². The number of carbonyl (C=O) groups is 1. The maximum Gasteiger partial charge on any atom is 0.291 e. The van der Waals surface area contributed by atoms with Crippen LogP contribution >= 0.6 is 0 Å². The molecule has 0 spiro atoms. The van der Waals surface area contributed by atoms with Crippen molar-refractivity contribution in [1.29, 1.82) is 0 Å². The molecule has 0 saturated heterocycles. The minimum atomic E-state index is -0.719. The highest BCUT2D eigenvalue weighted by Gasteiger charge is 2.43. The molecule has 1 unspecified atom stereocenters. The Hall–Kier alpha value is -4.13. The van der Waals surface area contributed by atoms with Crippen molar-refractivity contribution in [2.24, 2.45) is 0 Å². The first kappa shape index (κ1) is 22.7. The molecular formula is C28H24FNO5. The fourth-order valence-electron chi connectivity index (χ4n) is 4.79. The second kappa shape index (κ2) is 8.58. The number of hydrogen-bond donors (Lipinski definition) is 0. The van der Waals surface area contributed by atoms with Crippen LogP contribution in [0.1, 0.15) is 44.4 Å². The number of halogens is 1. The van der Waals surface area contributed by atoms with Crippen LogP contribution in [0, 0.1) is 19.7 Å². The molecule has 0 N–H and O–H groups in total. The molecule has 5 rings (SSSR count). The van der Waals surface area contributed by atoms with E-state index in [2.05, 4.69) is 0 Å². The fourth-order valence-corrected chi connectivity index (χ4v) is 4.79. The predicted molar refractivity (Wildman–Crippen MR) is 130 cm³/mol. The Morgan fingerprint density at radius 3 is 2.34 bits per heavy atom. The monoisotopic (exact) mass is 473 g/mol. The van der Waals surface area contributed by atoms with Crippen LogP contribution in [-0.4, -0.2) is 25.0 Å². The zero-order chi connectivity index (χ0) is 24.9. The molecule has 1 amide bonds. The van der Waals surface area contributed by atoms with E-state index in [1.54, 1.807) is 41.3 Å². The van der Waals surface area contributed by atoms with Crippen molar-refractivity contribution < 1.29 is 23.1 Å². The highest BCUT2D eigenvalue weighted by atomic mass is 19.1. The largest absolute Gasteiger partial charge is 0.493 e. The molecule has 6 nitrogen and oxygen atoms in total. The van der Waals surface area contributed by atoms with Crippen molar-refractivity contribution in [3.8, 4) is 11.5 Å². The quantitative estimate of drug-likeness (QED) is 0.393. The second-order valence-electron chi connectivity index (χ2n) is 8.71. The molecule has 1 aliphatic rings. The number of nitrogens with zero attached hydrogens (tertiary/aromatic N) is 1. The lowest BCUT2D eigenvalue weighted by molar-refractivity contribution is 0.0714. The number of carbonyl (C=O) groups excluding carboxylic acids is 1. The number of benzene rings is 3. The highest BCUT2D eigenvalue weighted by Crippen LogP contribution is 2.42. The van der Waals surface area contributed by atoms with Crippen LogP contribution in [0.4, 0.5) is 4.39 Å². The van der Waals surface area contributed by atoms with E-state index in [9.17, 15) is 14.0 Å². The van der Waals surface area contributed by atoms with Gasteiger partial charge in [0.05, 0.1) is 31.2 Å². The zero-order valence-corrected chi connectivity index (χ0v) is 19.8. The number of hydrogen-bond acceptors (Lipinski definition) is 5. The molecule has 1 aliphatic heterocycles. The van der Waals surface area contributed by atoms with Crippen LogP contribution in [0.5, 0.6) is 11.5 Å². The minimum absolute atomic E-state index is 0.0244. The van der Waals surface area contributed by atoms with Crippen molar-refractivity contribution >= 4 is 16.9 Å². The van der Waals surface area contributed by atoms with E-state index in [1.165, 1.54) is 26.4 Å². The van der Waals surface area contributed by atoms with Gasteiger partial charge in [-0.05, 0) is 66.4 Å². The molecule has 4 aromatic rings. The molecular weight excluding hydrogens is 449 g/mol. The lowest BCUT2D eigenvalue weighted by Gasteiger charge is -2.26. The number of rotatable bonds is 5. The molecule has 35 heavy (non-hydrogen) atoms. The van der Waals surface area contributed by atoms with Crippen LogP contribution in [0.2, 0.25) is 0 Å². The van der Waals surface area contributed by atoms with Crippen molar-refractivity contribution in [2.75, 3.05) is 14.2 Å². The van der Waals surface area contributed by atoms with Gasteiger partial charge < -0.3 is 18.8 Å². The Morgan fingerprint density at radius 2 is 1.66 bits per heavy atom. The van der Waals surface area contributed by atoms with Crippen molar-refractivity contribution in [2.45, 2.75) is 26.4 Å². The summed E-state index contributed by atoms with van der Waals surface area (Å²) in [5, 5.41) is 0.433. The standard InChI is InChI=1S/C28H24FNO5/c1-15-11-16(2)26-20(12-15)25(31)23-24(18-7-10-21(33-3)22(13-18)34-4)30(28(32)27(23)35-26)14-17-5-8-19(29)9-6-17/h5-13,24H,14H2,1-4H3. The van der Waals surface area contributed by atoms with E-state index >= 15 is 0 Å². The van der Waals surface area contributed by atoms with Crippen molar-refractivity contribution in [1.82, 2.24) is 4.90 Å². The number of ether oxygens (including phenoxy) is 2. The third-order valence-corrected chi connectivity index (χ3v) is 6.39. The van der Waals surface area contributed by atoms with Gasteiger partial charge in [-0.2, -0.15) is 0 Å². The smallest absolute Gasteiger partial charge is 0.291 e. The third-order valence-electron chi connectivity index (χ3n) is 6.39. The fraction of sp³-hybridized carbons (Fsp3) is 0.214. The molecule has 178 valence electrons. The van der Waals surface area contributed by atoms with E-state index in [0.29, 0.717) is 28.0 Å². The number of aryl methyl sites for hydroxylation is 2. The molecule has 3 aromatic carbocycles. The molecule has 1 atom stereocenters. The summed E-state index contributed by atoms with van der Waals surface area (Å²) in [6.45, 7) is 3.93. The first-order valence-electron chi connectivity index (χ1n) is 11.2. The first-order chi connectivity index (χ1) is 16.8. The summed E-state index contributed by atoms with van der Waals surface area (Å²) >= 11 is 0. The molecule has 1 aromatic heterocycles. The topological polar surface area (TPSA) is 69.0 Å². The van der Waals surface area contributed by atoms with Crippen molar-refractivity contribution in [3.63, 3.8) is 0 Å². The number of fused-ring (bicyclic) bond motifs is 2. The molecule has 0 aliphatic carbocycles. The molecule has 0 radical (unpaired) electrons. The summed E-state index contributed by atoms with van der Waals surface area (Å²) in [4.78, 5) is 29.1. The molecule has 0 fully saturated rings. The lowest BCUT2D eigenvalue weighted by Crippen LogP contribution is -2.29. The summed E-state index contributed by atoms with van der Waals surface area (Å²) in [7, 11) is 3.07. The summed E-state index contributed by atoms with van der Waals surface area (Å²) in [5.74, 6) is 0.266. The Bertz CT molecular complexity index is 1520. The van der Waals surface area contributed by atoms with Crippen LogP contribution in [0.3, 0.4) is 0 Å². The zero-order valence-electron chi connectivity index (χ0n) is 19.8. The van der Waals surface area contributed by atoms with E-state index in [-0.39, 0.29) is 29.1 Å². The van der Waals surface area contributed by atoms with Gasteiger partial charge in [0.15, 0.2) is 16.9 Å². The third kappa shape index (κ3) is 3.73. The van der Waals surface area contributed by atoms with Gasteiger partial charge in [0, 0.05) is 6.54 Å². The van der Waals surface area contributed by atoms with Gasteiger partial charge in [-0.1, -0.05) is 24.3 Å². The van der Waals surface area contributed by atoms with E-state index < -0.39 is 11.9 Å². The Kier molecular flexibility index (Phi) is 5.55. The summed E-state index contributed by atoms with van der Waals surface area (Å²) in [6.07, 6.45) is 0. The molecule has 0 saturated carbocycles. The van der Waals surface area contributed by atoms with E-state index in [1.807, 2.05) is 19.9 Å². The SMILES string of the molecule is COc1ccc(C2c3c(oc4c(C)cc(C)cc4c3=O)C(=O)N2Cc2ccc(F)cc2)cc1OC. The predicted octanol–water partition coefficient (Wildman–Crippen LogP) is 5.31. The van der Waals surface area contributed by atoms with Crippen LogP contribution in [-0.2, 0) is 6.54 Å².